The summed E-state index contributed by atoms with van der Waals surface area (Å²) in [5.74, 6) is 3.01. The van der Waals surface area contributed by atoms with Crippen LogP contribution in [0.3, 0.4) is 0 Å². The first-order valence-corrected chi connectivity index (χ1v) is 9.31. The molecule has 0 aromatic rings. The van der Waals surface area contributed by atoms with Crippen molar-refractivity contribution in [1.82, 2.24) is 5.32 Å². The van der Waals surface area contributed by atoms with Crippen LogP contribution in [0.25, 0.3) is 0 Å². The van der Waals surface area contributed by atoms with Crippen molar-refractivity contribution in [3.05, 3.63) is 0 Å². The fourth-order valence-electron chi connectivity index (χ4n) is 4.46. The predicted octanol–water partition coefficient (Wildman–Crippen LogP) is 5.54. The second-order valence-corrected chi connectivity index (χ2v) is 8.44. The summed E-state index contributed by atoms with van der Waals surface area (Å²) in [6.45, 7) is 8.18. The minimum Gasteiger partial charge on any atom is -0.312 e. The smallest absolute Gasteiger partial charge is 0.00966 e. The van der Waals surface area contributed by atoms with Gasteiger partial charge in [0.15, 0.2) is 0 Å². The van der Waals surface area contributed by atoms with E-state index in [0.717, 1.165) is 17.8 Å². The summed E-state index contributed by atoms with van der Waals surface area (Å²) < 4.78 is 0. The molecule has 0 spiro atoms. The number of nitrogens with one attached hydrogen (secondary N) is 1. The Labute approximate surface area is 127 Å². The highest BCUT2D eigenvalue weighted by atomic mass is 14.9. The minimum absolute atomic E-state index is 0.278. The zero-order chi connectivity index (χ0) is 14.4. The van der Waals surface area contributed by atoms with Crippen molar-refractivity contribution in [1.29, 1.82) is 0 Å². The highest BCUT2D eigenvalue weighted by Gasteiger charge is 2.31. The van der Waals surface area contributed by atoms with Gasteiger partial charge in [-0.15, -0.1) is 0 Å². The zero-order valence-corrected chi connectivity index (χ0v) is 14.2. The van der Waals surface area contributed by atoms with E-state index >= 15 is 0 Å². The number of rotatable bonds is 3. The molecule has 2 aliphatic rings. The lowest BCUT2D eigenvalue weighted by atomic mass is 9.75. The van der Waals surface area contributed by atoms with E-state index in [2.05, 4.69) is 26.1 Å². The summed E-state index contributed by atoms with van der Waals surface area (Å²) in [5.41, 5.74) is 0.278. The maximum Gasteiger partial charge on any atom is 0.00966 e. The van der Waals surface area contributed by atoms with Gasteiger partial charge in [0.2, 0.25) is 0 Å². The molecule has 2 fully saturated rings. The third kappa shape index (κ3) is 5.39. The average Bonchev–Trinajstić information content (AvgIpc) is 2.77. The molecule has 0 aromatic carbocycles. The summed E-state index contributed by atoms with van der Waals surface area (Å²) in [6, 6.07) is 0. The maximum atomic E-state index is 3.80. The molecular formula is C19H37N. The molecule has 2 aliphatic carbocycles. The van der Waals surface area contributed by atoms with Crippen molar-refractivity contribution in [2.24, 2.45) is 17.8 Å². The van der Waals surface area contributed by atoms with E-state index in [0.29, 0.717) is 0 Å². The SMILES string of the molecule is CC(C)(C)NCC1CCCCCC1C1CCCCCC1. The van der Waals surface area contributed by atoms with Crippen molar-refractivity contribution in [2.45, 2.75) is 96.9 Å². The molecule has 2 saturated carbocycles. The maximum absolute atomic E-state index is 3.80. The van der Waals surface area contributed by atoms with E-state index in [1.54, 1.807) is 0 Å². The minimum atomic E-state index is 0.278. The lowest BCUT2D eigenvalue weighted by Crippen LogP contribution is -2.41. The molecule has 0 aromatic heterocycles. The van der Waals surface area contributed by atoms with Crippen molar-refractivity contribution in [3.8, 4) is 0 Å². The molecule has 0 heterocycles. The van der Waals surface area contributed by atoms with Gasteiger partial charge in [0.25, 0.3) is 0 Å². The van der Waals surface area contributed by atoms with Gasteiger partial charge in [0, 0.05) is 5.54 Å². The fraction of sp³-hybridized carbons (Fsp3) is 1.00. The lowest BCUT2D eigenvalue weighted by molar-refractivity contribution is 0.179. The van der Waals surface area contributed by atoms with Gasteiger partial charge in [-0.3, -0.25) is 0 Å². The third-order valence-corrected chi connectivity index (χ3v) is 5.62. The van der Waals surface area contributed by atoms with Crippen LogP contribution in [0, 0.1) is 17.8 Å². The molecule has 0 radical (unpaired) electrons. The highest BCUT2D eigenvalue weighted by Crippen LogP contribution is 2.40. The van der Waals surface area contributed by atoms with Crippen molar-refractivity contribution in [2.75, 3.05) is 6.54 Å². The van der Waals surface area contributed by atoms with Gasteiger partial charge in [-0.2, -0.15) is 0 Å². The summed E-state index contributed by atoms with van der Waals surface area (Å²) in [4.78, 5) is 0. The first-order chi connectivity index (χ1) is 9.56. The third-order valence-electron chi connectivity index (χ3n) is 5.62. The van der Waals surface area contributed by atoms with Crippen molar-refractivity contribution in [3.63, 3.8) is 0 Å². The van der Waals surface area contributed by atoms with Gasteiger partial charge in [-0.25, -0.2) is 0 Å². The van der Waals surface area contributed by atoms with Gasteiger partial charge in [0.1, 0.15) is 0 Å². The molecule has 0 saturated heterocycles. The Morgan fingerprint density at radius 3 is 1.95 bits per heavy atom. The van der Waals surface area contributed by atoms with Crippen molar-refractivity contribution >= 4 is 0 Å². The average molecular weight is 280 g/mol. The summed E-state index contributed by atoms with van der Waals surface area (Å²) >= 11 is 0. The van der Waals surface area contributed by atoms with Crippen LogP contribution in [-0.2, 0) is 0 Å². The van der Waals surface area contributed by atoms with E-state index in [1.165, 1.54) is 77.2 Å². The molecule has 118 valence electrons. The Kier molecular flexibility index (Phi) is 6.39. The number of hydrogen-bond acceptors (Lipinski definition) is 1. The van der Waals surface area contributed by atoms with Crippen LogP contribution in [0.15, 0.2) is 0 Å². The van der Waals surface area contributed by atoms with Crippen LogP contribution < -0.4 is 5.32 Å². The second kappa shape index (κ2) is 7.82. The van der Waals surface area contributed by atoms with Crippen molar-refractivity contribution < 1.29 is 0 Å². The fourth-order valence-corrected chi connectivity index (χ4v) is 4.46. The Balaban J connectivity index is 1.96. The van der Waals surface area contributed by atoms with Crippen LogP contribution in [0.1, 0.15) is 91.4 Å². The molecule has 2 rings (SSSR count). The van der Waals surface area contributed by atoms with Crippen LogP contribution in [0.5, 0.6) is 0 Å². The molecule has 0 amide bonds. The van der Waals surface area contributed by atoms with E-state index < -0.39 is 0 Å². The van der Waals surface area contributed by atoms with Crippen LogP contribution in [-0.4, -0.2) is 12.1 Å². The summed E-state index contributed by atoms with van der Waals surface area (Å²) in [6.07, 6.45) is 16.5. The van der Waals surface area contributed by atoms with Crippen LogP contribution in [0.2, 0.25) is 0 Å². The monoisotopic (exact) mass is 279 g/mol. The quantitative estimate of drug-likeness (QED) is 0.669. The van der Waals surface area contributed by atoms with E-state index in [4.69, 9.17) is 0 Å². The van der Waals surface area contributed by atoms with E-state index in [-0.39, 0.29) is 5.54 Å². The van der Waals surface area contributed by atoms with Gasteiger partial charge < -0.3 is 5.32 Å². The number of hydrogen-bond donors (Lipinski definition) is 1. The molecular weight excluding hydrogens is 242 g/mol. The topological polar surface area (TPSA) is 12.0 Å². The normalized spacial score (nSPS) is 30.8. The Bertz CT molecular complexity index is 257. The molecule has 0 aliphatic heterocycles. The Hall–Kier alpha value is -0.0400. The Morgan fingerprint density at radius 1 is 0.750 bits per heavy atom. The largest absolute Gasteiger partial charge is 0.312 e. The molecule has 2 unspecified atom stereocenters. The van der Waals surface area contributed by atoms with Gasteiger partial charge in [0.05, 0.1) is 0 Å². The lowest BCUT2D eigenvalue weighted by Gasteiger charge is -2.34. The van der Waals surface area contributed by atoms with Gasteiger partial charge >= 0.3 is 0 Å². The zero-order valence-electron chi connectivity index (χ0n) is 14.2. The van der Waals surface area contributed by atoms with Crippen LogP contribution in [0.4, 0.5) is 0 Å². The predicted molar refractivity (Wildman–Crippen MR) is 89.0 cm³/mol. The summed E-state index contributed by atoms with van der Waals surface area (Å²) in [7, 11) is 0. The first kappa shape index (κ1) is 16.3. The van der Waals surface area contributed by atoms with Gasteiger partial charge in [-0.1, -0.05) is 57.8 Å². The molecule has 20 heavy (non-hydrogen) atoms. The van der Waals surface area contributed by atoms with Crippen LogP contribution >= 0.6 is 0 Å². The molecule has 1 nitrogen and oxygen atoms in total. The molecule has 2 atom stereocenters. The molecule has 1 heteroatoms. The second-order valence-electron chi connectivity index (χ2n) is 8.44. The highest BCUT2D eigenvalue weighted by molar-refractivity contribution is 4.84. The molecule has 0 bridgehead atoms. The standard InChI is InChI=1S/C19H37N/c1-19(2,3)20-15-17-13-9-6-10-14-18(17)16-11-7-4-5-8-12-16/h16-18,20H,4-15H2,1-3H3. The molecule has 1 N–H and O–H groups in total. The van der Waals surface area contributed by atoms with Gasteiger partial charge in [-0.05, 0) is 57.9 Å². The van der Waals surface area contributed by atoms with E-state index in [9.17, 15) is 0 Å². The Morgan fingerprint density at radius 2 is 1.30 bits per heavy atom. The summed E-state index contributed by atoms with van der Waals surface area (Å²) in [5, 5.41) is 3.80. The van der Waals surface area contributed by atoms with E-state index in [1.807, 2.05) is 0 Å². The first-order valence-electron chi connectivity index (χ1n) is 9.31.